The van der Waals surface area contributed by atoms with Crippen molar-refractivity contribution in [3.63, 3.8) is 0 Å². The van der Waals surface area contributed by atoms with Crippen LogP contribution in [0.4, 0.5) is 0 Å². The number of alkyl halides is 5. The van der Waals surface area contributed by atoms with Crippen molar-refractivity contribution in [3.05, 3.63) is 4.43 Å². The Balaban J connectivity index is -0.000000198. The van der Waals surface area contributed by atoms with E-state index in [1.54, 1.807) is 42.7 Å². The van der Waals surface area contributed by atoms with E-state index in [1.165, 1.54) is 0 Å². The van der Waals surface area contributed by atoms with Crippen LogP contribution in [0.1, 0.15) is 129 Å². The van der Waals surface area contributed by atoms with Crippen molar-refractivity contribution in [1.82, 2.24) is 0 Å². The van der Waals surface area contributed by atoms with Crippen LogP contribution in [0.5, 0.6) is 0 Å². The van der Waals surface area contributed by atoms with Crippen LogP contribution in [-0.4, -0.2) is 199 Å². The molecular formula is C52H106I7O16V-. The minimum Gasteiger partial charge on any atom is -0.394 e. The van der Waals surface area contributed by atoms with Crippen molar-refractivity contribution in [2.45, 2.75) is 228 Å². The van der Waals surface area contributed by atoms with E-state index in [1.807, 2.05) is 46.0 Å². The van der Waals surface area contributed by atoms with Gasteiger partial charge in [0.2, 0.25) is 0 Å². The zero-order valence-electron chi connectivity index (χ0n) is 47.9. The Bertz CT molecular complexity index is 1240. The number of hydrogen-bond donors (Lipinski definition) is 6. The number of aliphatic hydroxyl groups excluding tert-OH is 6. The van der Waals surface area contributed by atoms with Gasteiger partial charge in [-0.1, -0.05) is 176 Å². The molecule has 0 aromatic heterocycles. The van der Waals surface area contributed by atoms with Crippen LogP contribution in [-0.2, 0) is 65.9 Å². The number of hydrogen-bond acceptors (Lipinski definition) is 16. The predicted molar refractivity (Wildman–Crippen MR) is 366 cm³/mol. The fraction of sp³-hybridized carbons (Fsp3) is 0.981. The summed E-state index contributed by atoms with van der Waals surface area (Å²) in [7, 11) is 10.1. The van der Waals surface area contributed by atoms with Crippen molar-refractivity contribution in [2.75, 3.05) is 69.1 Å². The molecule has 465 valence electrons. The summed E-state index contributed by atoms with van der Waals surface area (Å²) >= 11 is 13.9. The van der Waals surface area contributed by atoms with Crippen molar-refractivity contribution in [3.8, 4) is 0 Å². The van der Waals surface area contributed by atoms with Gasteiger partial charge in [0.25, 0.3) is 0 Å². The Hall–Kier alpha value is 5.05. The van der Waals surface area contributed by atoms with Gasteiger partial charge in [-0.2, -0.15) is 6.92 Å². The first-order chi connectivity index (χ1) is 34.4. The van der Waals surface area contributed by atoms with Gasteiger partial charge in [-0.05, 0) is 58.8 Å². The van der Waals surface area contributed by atoms with Gasteiger partial charge < -0.3 is 101 Å². The summed E-state index contributed by atoms with van der Waals surface area (Å²) in [5, 5.41) is 57.6. The van der Waals surface area contributed by atoms with Gasteiger partial charge in [-0.25, -0.2) is 0 Å². The van der Waals surface area contributed by atoms with Crippen molar-refractivity contribution >= 4 is 160 Å². The van der Waals surface area contributed by atoms with E-state index < -0.39 is 36.6 Å². The largest absolute Gasteiger partial charge is 0.394 e. The van der Waals surface area contributed by atoms with E-state index in [0.717, 1.165) is 34.0 Å². The molecule has 4 fully saturated rings. The standard InChI is InChI=1S/C13H26O4.C12H24O4.2C10H20O4.C2H3I3.C2H4I2.C2H4I.CH4.HI.V/c1-6-9-12(15-4)10(7-2)17-11(8-14-3)13(9)16-5;1-5-8-11(13)9(6-2)16-10(7-14-3)12(8)15-4;1-4-7-10(13-3)6(2)9(12)8(5-11)14-7;1-3-6-9(12)7(4-2)14-8(5-11)10(6)13;1-2(3,4)5;1-2(3)4;1-2-3;;;/h9-13H,6-8H2,1-5H3;8-13H,5-7H2,1-4H3;6-12H,4-5H2,1-3H3;6-13H,3-5H2,1-2H3;1H3;2H,1H3;2H,1H3;1H4;1H;/q;;;;;;-1;;;/t9-,10-,11?,12?,13-;8-,9-,10?,11?,12-;6-,7+,8?,9+,10?;6-,7-,8?,9?,10-;;;;;;/m1101....../s1. The first-order valence-corrected chi connectivity index (χ1v) is 32.7. The quantitative estimate of drug-likeness (QED) is 0.0454. The molecule has 0 saturated carbocycles. The molecule has 4 rings (SSSR count). The van der Waals surface area contributed by atoms with Gasteiger partial charge >= 0.3 is 0 Å². The zero-order chi connectivity index (χ0) is 57.2. The van der Waals surface area contributed by atoms with Gasteiger partial charge in [-0.3, -0.25) is 4.43 Å². The average molecular weight is 1930 g/mol. The smallest absolute Gasteiger partial charge is 0.121 e. The molecule has 20 atom stereocenters. The topological polar surface area (TPSA) is 214 Å². The summed E-state index contributed by atoms with van der Waals surface area (Å²) in [6, 6.07) is 0. The maximum absolute atomic E-state index is 10.2. The van der Waals surface area contributed by atoms with E-state index in [-0.39, 0.29) is 142 Å². The molecule has 0 spiro atoms. The molecule has 0 amide bonds. The van der Waals surface area contributed by atoms with Crippen LogP contribution in [0.25, 0.3) is 0 Å². The SMILES string of the molecule is C.CC(I)(I)I.CC(I)I.CC[C@@H]1C(O)[C@@H](CC)OC(CO)[C@@H]1O.CC[C@@H]1C(O)[C@@H](CC)OC(COC)[C@@H]1OC.CC[C@@H]1C(OC)[C@@H](CC)OC(COC)[C@@H]1OC.CC[C@H]1OC(CO)[C@H](O)[C@H](C)C1OC.C[CH-]I.I.[V]. The molecule has 24 heteroatoms. The fourth-order valence-electron chi connectivity index (χ4n) is 9.64. The van der Waals surface area contributed by atoms with Crippen LogP contribution in [0.15, 0.2) is 0 Å². The third-order valence-electron chi connectivity index (χ3n) is 13.2. The summed E-state index contributed by atoms with van der Waals surface area (Å²) < 4.78 is 58.3. The van der Waals surface area contributed by atoms with Gasteiger partial charge in [0, 0.05) is 84.9 Å². The van der Waals surface area contributed by atoms with Crippen LogP contribution in [0, 0.1) is 28.1 Å². The van der Waals surface area contributed by atoms with E-state index in [0.29, 0.717) is 31.4 Å². The molecule has 4 aliphatic heterocycles. The Morgan fingerprint density at radius 2 is 0.750 bits per heavy atom. The van der Waals surface area contributed by atoms with E-state index in [4.69, 9.17) is 57.6 Å². The first kappa shape index (κ1) is 92.2. The molecule has 4 saturated heterocycles. The number of halogens is 7. The fourth-order valence-corrected chi connectivity index (χ4v) is 9.64. The van der Waals surface area contributed by atoms with E-state index in [9.17, 15) is 20.4 Å². The molecular weight excluding hydrogens is 1820 g/mol. The van der Waals surface area contributed by atoms with Crippen LogP contribution < -0.4 is 0 Å². The Kier molecular flexibility index (Phi) is 65.8. The number of ether oxygens (including phenoxy) is 10. The van der Waals surface area contributed by atoms with Gasteiger partial charge in [0.1, 0.15) is 23.9 Å². The molecule has 76 heavy (non-hydrogen) atoms. The molecule has 0 aliphatic carbocycles. The third-order valence-corrected chi connectivity index (χ3v) is 13.2. The van der Waals surface area contributed by atoms with Crippen molar-refractivity contribution < 1.29 is 96.6 Å². The molecule has 4 aliphatic rings. The molecule has 0 bridgehead atoms. The Labute approximate surface area is 573 Å². The van der Waals surface area contributed by atoms with Crippen LogP contribution in [0.3, 0.4) is 0 Å². The summed E-state index contributed by atoms with van der Waals surface area (Å²) in [5.74, 6) is 0.300. The van der Waals surface area contributed by atoms with Gasteiger partial charge in [-0.15, -0.1) is 24.0 Å². The summed E-state index contributed by atoms with van der Waals surface area (Å²) in [4.78, 5) is 0. The first-order valence-electron chi connectivity index (χ1n) is 25.7. The Morgan fingerprint density at radius 3 is 1.05 bits per heavy atom. The summed E-state index contributed by atoms with van der Waals surface area (Å²) in [6.07, 6.45) is 2.07. The number of rotatable bonds is 17. The predicted octanol–water partition coefficient (Wildman–Crippen LogP) is 11.2. The molecule has 0 aromatic carbocycles. The number of methoxy groups -OCH3 is 6. The summed E-state index contributed by atoms with van der Waals surface area (Å²) in [6.45, 7) is 23.2. The molecule has 6 N–H and O–H groups in total. The maximum atomic E-state index is 10.2. The minimum atomic E-state index is -0.761. The second kappa shape index (κ2) is 54.2. The van der Waals surface area contributed by atoms with Crippen molar-refractivity contribution in [1.29, 1.82) is 0 Å². The number of aliphatic hydroxyl groups is 6. The van der Waals surface area contributed by atoms with E-state index >= 15 is 0 Å². The second-order valence-corrected chi connectivity index (χ2v) is 38.1. The third kappa shape index (κ3) is 35.2. The summed E-state index contributed by atoms with van der Waals surface area (Å²) in [5.41, 5.74) is 0. The molecule has 16 nitrogen and oxygen atoms in total. The van der Waals surface area contributed by atoms with Crippen molar-refractivity contribution in [2.24, 2.45) is 23.7 Å². The average Bonchev–Trinajstić information content (AvgIpc) is 3.35. The van der Waals surface area contributed by atoms with Gasteiger partial charge in [0.15, 0.2) is 0 Å². The normalized spacial score (nSPS) is 34.7. The van der Waals surface area contributed by atoms with Crippen LogP contribution in [0.2, 0.25) is 0 Å². The van der Waals surface area contributed by atoms with E-state index in [2.05, 4.69) is 170 Å². The molecule has 0 aromatic rings. The zero-order valence-corrected chi connectivity index (χ0v) is 64.5. The monoisotopic (exact) mass is 1930 g/mol. The maximum Gasteiger partial charge on any atom is 0.121 e. The minimum absolute atomic E-state index is 0. The molecule has 4 heterocycles. The van der Waals surface area contributed by atoms with Crippen LogP contribution >= 0.6 is 160 Å². The molecule has 8 unspecified atom stereocenters. The Morgan fingerprint density at radius 1 is 0.500 bits per heavy atom. The second-order valence-electron chi connectivity index (χ2n) is 18.1. The van der Waals surface area contributed by atoms with Gasteiger partial charge in [0.05, 0.1) is 102 Å². The molecule has 1 radical (unpaired) electrons.